The minimum absolute atomic E-state index is 1.01. The van der Waals surface area contributed by atoms with Gasteiger partial charge in [-0.25, -0.2) is 4.58 Å². The predicted molar refractivity (Wildman–Crippen MR) is 54.3 cm³/mol. The summed E-state index contributed by atoms with van der Waals surface area (Å²) in [5.74, 6) is 2.01. The third-order valence-electron chi connectivity index (χ3n) is 4.27. The average molecular weight is 178 g/mol. The van der Waals surface area contributed by atoms with Crippen molar-refractivity contribution in [3.8, 4) is 0 Å². The van der Waals surface area contributed by atoms with Gasteiger partial charge in [-0.15, -0.1) is 0 Å². The van der Waals surface area contributed by atoms with Crippen LogP contribution in [-0.2, 0) is 0 Å². The summed E-state index contributed by atoms with van der Waals surface area (Å²) in [5.41, 5.74) is 1.89. The fourth-order valence-electron chi connectivity index (χ4n) is 3.77. The predicted octanol–water partition coefficient (Wildman–Crippen LogP) is 2.44. The van der Waals surface area contributed by atoms with Crippen LogP contribution < -0.4 is 0 Å². The maximum absolute atomic E-state index is 2.74. The van der Waals surface area contributed by atoms with Crippen LogP contribution in [0.15, 0.2) is 0 Å². The van der Waals surface area contributed by atoms with Gasteiger partial charge in [0.15, 0.2) is 5.71 Å². The van der Waals surface area contributed by atoms with Crippen LogP contribution in [0.5, 0.6) is 0 Å². The lowest BCUT2D eigenvalue weighted by Gasteiger charge is -2.35. The van der Waals surface area contributed by atoms with E-state index in [1.54, 1.807) is 0 Å². The molecule has 72 valence electrons. The Kier molecular flexibility index (Phi) is 1.92. The first-order chi connectivity index (χ1) is 6.45. The lowest BCUT2D eigenvalue weighted by atomic mass is 9.72. The summed E-state index contributed by atoms with van der Waals surface area (Å²) in [6, 6.07) is 0. The Morgan fingerprint density at radius 1 is 0.769 bits per heavy atom. The Bertz CT molecular complexity index is 220. The van der Waals surface area contributed by atoms with E-state index in [0.717, 1.165) is 11.8 Å². The molecule has 1 fully saturated rings. The molecule has 0 unspecified atom stereocenters. The normalized spacial score (nSPS) is 38.8. The molecule has 1 nitrogen and oxygen atoms in total. The van der Waals surface area contributed by atoms with Gasteiger partial charge in [0, 0.05) is 24.7 Å². The molecule has 1 heteroatoms. The SMILES string of the molecule is C1C[C@@H]2CCC[N+]3=C2[C@H](C1)CCC3. The average Bonchev–Trinajstić information content (AvgIpc) is 2.19. The zero-order valence-electron chi connectivity index (χ0n) is 8.47. The fourth-order valence-corrected chi connectivity index (χ4v) is 3.77. The van der Waals surface area contributed by atoms with E-state index < -0.39 is 0 Å². The Morgan fingerprint density at radius 3 is 1.92 bits per heavy atom. The van der Waals surface area contributed by atoms with Gasteiger partial charge in [-0.05, 0) is 25.7 Å². The van der Waals surface area contributed by atoms with E-state index in [-0.39, 0.29) is 0 Å². The first-order valence-electron chi connectivity index (χ1n) is 6.07. The Balaban J connectivity index is 1.98. The van der Waals surface area contributed by atoms with Crippen LogP contribution in [0.1, 0.15) is 44.9 Å². The molecule has 1 saturated carbocycles. The molecule has 2 aliphatic heterocycles. The highest BCUT2D eigenvalue weighted by Crippen LogP contribution is 2.36. The van der Waals surface area contributed by atoms with E-state index in [0.29, 0.717) is 0 Å². The van der Waals surface area contributed by atoms with Gasteiger partial charge in [0.25, 0.3) is 0 Å². The highest BCUT2D eigenvalue weighted by atomic mass is 15.0. The largest absolute Gasteiger partial charge is 0.237 e. The van der Waals surface area contributed by atoms with Gasteiger partial charge in [0.2, 0.25) is 0 Å². The van der Waals surface area contributed by atoms with Gasteiger partial charge >= 0.3 is 0 Å². The minimum Gasteiger partial charge on any atom is -0.237 e. The highest BCUT2D eigenvalue weighted by molar-refractivity contribution is 5.85. The van der Waals surface area contributed by atoms with Crippen molar-refractivity contribution < 1.29 is 4.58 Å². The zero-order valence-corrected chi connectivity index (χ0v) is 8.47. The molecule has 0 aromatic rings. The van der Waals surface area contributed by atoms with Crippen LogP contribution in [-0.4, -0.2) is 23.4 Å². The molecule has 0 aromatic heterocycles. The van der Waals surface area contributed by atoms with Crippen LogP contribution in [0.4, 0.5) is 0 Å². The van der Waals surface area contributed by atoms with Crippen molar-refractivity contribution in [3.63, 3.8) is 0 Å². The lowest BCUT2D eigenvalue weighted by molar-refractivity contribution is -0.543. The molecule has 0 aromatic carbocycles. The fraction of sp³-hybridized carbons (Fsp3) is 0.917. The molecule has 0 saturated heterocycles. The molecule has 3 aliphatic rings. The van der Waals surface area contributed by atoms with Crippen molar-refractivity contribution in [2.24, 2.45) is 11.8 Å². The smallest absolute Gasteiger partial charge is 0.158 e. The van der Waals surface area contributed by atoms with Crippen molar-refractivity contribution in [2.45, 2.75) is 44.9 Å². The first kappa shape index (κ1) is 8.02. The molecule has 0 amide bonds. The molecule has 0 N–H and O–H groups in total. The molecule has 1 aliphatic carbocycles. The Labute approximate surface area is 80.8 Å². The second-order valence-electron chi connectivity index (χ2n) is 5.02. The van der Waals surface area contributed by atoms with Crippen LogP contribution in [0.2, 0.25) is 0 Å². The van der Waals surface area contributed by atoms with Gasteiger partial charge < -0.3 is 0 Å². The van der Waals surface area contributed by atoms with Crippen molar-refractivity contribution in [3.05, 3.63) is 0 Å². The van der Waals surface area contributed by atoms with Gasteiger partial charge in [-0.1, -0.05) is 6.42 Å². The molecule has 0 bridgehead atoms. The molecular formula is C12H20N+. The molecule has 2 atom stereocenters. The molecule has 2 heterocycles. The summed E-state index contributed by atoms with van der Waals surface area (Å²) in [7, 11) is 0. The van der Waals surface area contributed by atoms with Gasteiger partial charge in [-0.3, -0.25) is 0 Å². The van der Waals surface area contributed by atoms with Crippen molar-refractivity contribution in [2.75, 3.05) is 13.1 Å². The van der Waals surface area contributed by atoms with Crippen LogP contribution in [0, 0.1) is 11.8 Å². The maximum atomic E-state index is 2.74. The van der Waals surface area contributed by atoms with Gasteiger partial charge in [0.05, 0.1) is 0 Å². The summed E-state index contributed by atoms with van der Waals surface area (Å²) in [6.07, 6.45) is 10.4. The summed E-state index contributed by atoms with van der Waals surface area (Å²) < 4.78 is 2.74. The second kappa shape index (κ2) is 3.11. The molecule has 13 heavy (non-hydrogen) atoms. The number of hydrogen-bond acceptors (Lipinski definition) is 0. The van der Waals surface area contributed by atoms with Crippen molar-refractivity contribution in [1.29, 1.82) is 0 Å². The third kappa shape index (κ3) is 1.24. The molecule has 0 spiro atoms. The Morgan fingerprint density at radius 2 is 1.31 bits per heavy atom. The molecule has 3 rings (SSSR count). The van der Waals surface area contributed by atoms with E-state index in [1.807, 2.05) is 5.71 Å². The van der Waals surface area contributed by atoms with Crippen LogP contribution in [0.3, 0.4) is 0 Å². The highest BCUT2D eigenvalue weighted by Gasteiger charge is 2.40. The third-order valence-corrected chi connectivity index (χ3v) is 4.27. The monoisotopic (exact) mass is 178 g/mol. The maximum Gasteiger partial charge on any atom is 0.158 e. The topological polar surface area (TPSA) is 3.01 Å². The molecular weight excluding hydrogens is 158 g/mol. The van der Waals surface area contributed by atoms with E-state index in [1.165, 1.54) is 58.0 Å². The quantitative estimate of drug-likeness (QED) is 0.501. The summed E-state index contributed by atoms with van der Waals surface area (Å²) >= 11 is 0. The lowest BCUT2D eigenvalue weighted by Crippen LogP contribution is -2.44. The number of hydrogen-bond donors (Lipinski definition) is 0. The van der Waals surface area contributed by atoms with Gasteiger partial charge in [-0.2, -0.15) is 0 Å². The number of rotatable bonds is 0. The summed E-state index contributed by atoms with van der Waals surface area (Å²) in [6.45, 7) is 2.75. The van der Waals surface area contributed by atoms with E-state index in [9.17, 15) is 0 Å². The molecule has 0 radical (unpaired) electrons. The van der Waals surface area contributed by atoms with E-state index >= 15 is 0 Å². The minimum atomic E-state index is 1.01. The van der Waals surface area contributed by atoms with Crippen molar-refractivity contribution in [1.82, 2.24) is 0 Å². The first-order valence-corrected chi connectivity index (χ1v) is 6.07. The van der Waals surface area contributed by atoms with Crippen molar-refractivity contribution >= 4 is 5.71 Å². The van der Waals surface area contributed by atoms with Gasteiger partial charge in [0.1, 0.15) is 13.1 Å². The van der Waals surface area contributed by atoms with Crippen LogP contribution >= 0.6 is 0 Å². The summed E-state index contributed by atoms with van der Waals surface area (Å²) in [4.78, 5) is 0. The number of nitrogens with zero attached hydrogens (tertiary/aromatic N) is 1. The summed E-state index contributed by atoms with van der Waals surface area (Å²) in [5, 5.41) is 0. The van der Waals surface area contributed by atoms with E-state index in [4.69, 9.17) is 0 Å². The Hall–Kier alpha value is -0.330. The standard InChI is InChI=1S/C12H20N/c1-4-10-6-2-8-13-9-3-7-11(5-1)12(10)13/h10-11H,1-9H2/q+1/t10-,11-/m1/s1. The zero-order chi connectivity index (χ0) is 8.67. The van der Waals surface area contributed by atoms with Crippen LogP contribution in [0.25, 0.3) is 0 Å². The van der Waals surface area contributed by atoms with E-state index in [2.05, 4.69) is 4.58 Å². The second-order valence-corrected chi connectivity index (χ2v) is 5.02.